The second kappa shape index (κ2) is 6.63. The molecule has 2 unspecified atom stereocenters. The second-order valence-electron chi connectivity index (χ2n) is 8.14. The lowest BCUT2D eigenvalue weighted by molar-refractivity contribution is -0.119. The Morgan fingerprint density at radius 2 is 1.88 bits per heavy atom. The minimum atomic E-state index is -3.79. The van der Waals surface area contributed by atoms with Crippen LogP contribution in [-0.4, -0.2) is 42.5 Å². The van der Waals surface area contributed by atoms with Crippen molar-refractivity contribution in [2.75, 3.05) is 13.2 Å². The highest BCUT2D eigenvalue weighted by molar-refractivity contribution is 7.94. The number of primary amides is 1. The first-order valence-electron chi connectivity index (χ1n) is 8.39. The Kier molecular flexibility index (Phi) is 5.39. The number of nitrogens with zero attached hydrogens (tertiary/aromatic N) is 1. The van der Waals surface area contributed by atoms with Crippen LogP contribution in [0.25, 0.3) is 0 Å². The predicted octanol–water partition coefficient (Wildman–Crippen LogP) is 2.30. The normalized spacial score (nSPS) is 22.8. The van der Waals surface area contributed by atoms with Crippen LogP contribution in [0.15, 0.2) is 0 Å². The molecule has 2 N–H and O–H groups in total. The number of aromatic nitrogens is 1. The van der Waals surface area contributed by atoms with Gasteiger partial charge in [-0.2, -0.15) is 0 Å². The van der Waals surface area contributed by atoms with Gasteiger partial charge in [-0.05, 0) is 32.6 Å². The first-order valence-corrected chi connectivity index (χ1v) is 10.8. The number of sulfone groups is 1. The van der Waals surface area contributed by atoms with Crippen molar-refractivity contribution in [2.24, 2.45) is 5.73 Å². The van der Waals surface area contributed by atoms with Crippen LogP contribution >= 0.6 is 11.3 Å². The van der Waals surface area contributed by atoms with E-state index in [1.54, 1.807) is 11.3 Å². The molecule has 2 atom stereocenters. The fourth-order valence-electron chi connectivity index (χ4n) is 3.11. The Bertz CT molecular complexity index is 760. The van der Waals surface area contributed by atoms with Gasteiger partial charge in [-0.3, -0.25) is 4.79 Å². The molecule has 0 radical (unpaired) electrons. The van der Waals surface area contributed by atoms with Crippen LogP contribution in [-0.2, 0) is 24.8 Å². The topological polar surface area (TPSA) is 99.3 Å². The molecule has 2 rings (SSSR count). The minimum absolute atomic E-state index is 0.0591. The van der Waals surface area contributed by atoms with Crippen molar-refractivity contribution in [1.29, 1.82) is 0 Å². The van der Waals surface area contributed by atoms with Crippen LogP contribution in [0.2, 0.25) is 0 Å². The second-order valence-corrected chi connectivity index (χ2v) is 11.9. The Labute approximate surface area is 154 Å². The van der Waals surface area contributed by atoms with Gasteiger partial charge in [-0.25, -0.2) is 13.4 Å². The van der Waals surface area contributed by atoms with Crippen molar-refractivity contribution >= 4 is 27.1 Å². The average Bonchev–Trinajstić information content (AvgIpc) is 2.89. The summed E-state index contributed by atoms with van der Waals surface area (Å²) in [5, 5.41) is 0.0399. The Balaban J connectivity index is 2.48. The van der Waals surface area contributed by atoms with Crippen LogP contribution in [0.1, 0.15) is 62.5 Å². The number of thiazole rings is 1. The summed E-state index contributed by atoms with van der Waals surface area (Å²) in [5.41, 5.74) is 6.23. The summed E-state index contributed by atoms with van der Waals surface area (Å²) >= 11 is 1.54. The van der Waals surface area contributed by atoms with Crippen LogP contribution in [0.3, 0.4) is 0 Å². The third kappa shape index (κ3) is 3.61. The van der Waals surface area contributed by atoms with Crippen molar-refractivity contribution in [2.45, 2.75) is 69.3 Å². The van der Waals surface area contributed by atoms with Gasteiger partial charge in [0.1, 0.15) is 4.75 Å². The quantitative estimate of drug-likeness (QED) is 0.853. The number of ether oxygens (including phenoxy) is 1. The molecule has 1 aromatic rings. The minimum Gasteiger partial charge on any atom is -0.381 e. The molecule has 142 valence electrons. The molecule has 25 heavy (non-hydrogen) atoms. The molecule has 0 aliphatic carbocycles. The lowest BCUT2D eigenvalue weighted by atomic mass is 9.93. The fourth-order valence-corrected chi connectivity index (χ4v) is 6.56. The van der Waals surface area contributed by atoms with Gasteiger partial charge in [0.05, 0.1) is 28.5 Å². The van der Waals surface area contributed by atoms with Crippen molar-refractivity contribution in [1.82, 2.24) is 4.98 Å². The van der Waals surface area contributed by atoms with Gasteiger partial charge in [-0.15, -0.1) is 11.3 Å². The highest BCUT2D eigenvalue weighted by Gasteiger charge is 2.49. The van der Waals surface area contributed by atoms with Crippen molar-refractivity contribution < 1.29 is 17.9 Å². The van der Waals surface area contributed by atoms with Gasteiger partial charge >= 0.3 is 0 Å². The Morgan fingerprint density at radius 1 is 1.28 bits per heavy atom. The molecule has 6 nitrogen and oxygen atoms in total. The molecular weight excluding hydrogens is 360 g/mol. The van der Waals surface area contributed by atoms with Gasteiger partial charge in [-0.1, -0.05) is 20.8 Å². The summed E-state index contributed by atoms with van der Waals surface area (Å²) in [6, 6.07) is 0. The Hall–Kier alpha value is -0.990. The molecule has 0 saturated carbocycles. The number of amides is 1. The highest BCUT2D eigenvalue weighted by atomic mass is 32.2. The molecule has 1 saturated heterocycles. The van der Waals surface area contributed by atoms with Crippen molar-refractivity contribution in [3.8, 4) is 0 Å². The van der Waals surface area contributed by atoms with E-state index in [1.165, 1.54) is 13.8 Å². The SMILES string of the molecule is Cc1nc(C2COCCC2S(=O)(=O)C(C)(C)C(N)=O)sc1C(C)(C)C. The van der Waals surface area contributed by atoms with E-state index in [2.05, 4.69) is 25.8 Å². The molecule has 1 aliphatic rings. The van der Waals surface area contributed by atoms with E-state index in [1.807, 2.05) is 6.92 Å². The number of hydrogen-bond donors (Lipinski definition) is 1. The summed E-state index contributed by atoms with van der Waals surface area (Å²) in [5.74, 6) is -1.21. The molecule has 1 fully saturated rings. The molecule has 2 heterocycles. The Morgan fingerprint density at radius 3 is 2.36 bits per heavy atom. The smallest absolute Gasteiger partial charge is 0.238 e. The molecular formula is C17H28N2O4S2. The first-order chi connectivity index (χ1) is 11.3. The number of hydrogen-bond acceptors (Lipinski definition) is 6. The largest absolute Gasteiger partial charge is 0.381 e. The van der Waals surface area contributed by atoms with Crippen LogP contribution < -0.4 is 5.73 Å². The lowest BCUT2D eigenvalue weighted by Crippen LogP contribution is -2.52. The van der Waals surface area contributed by atoms with E-state index in [0.29, 0.717) is 13.0 Å². The lowest BCUT2D eigenvalue weighted by Gasteiger charge is -2.34. The molecule has 1 amide bonds. The van der Waals surface area contributed by atoms with E-state index in [0.717, 1.165) is 15.6 Å². The van der Waals surface area contributed by atoms with Gasteiger partial charge < -0.3 is 10.5 Å². The molecule has 0 spiro atoms. The fraction of sp³-hybridized carbons (Fsp3) is 0.765. The van der Waals surface area contributed by atoms with E-state index >= 15 is 0 Å². The van der Waals surface area contributed by atoms with E-state index in [9.17, 15) is 13.2 Å². The summed E-state index contributed by atoms with van der Waals surface area (Å²) < 4.78 is 30.2. The molecule has 1 aromatic heterocycles. The van der Waals surface area contributed by atoms with E-state index < -0.39 is 25.7 Å². The molecule has 8 heteroatoms. The van der Waals surface area contributed by atoms with Crippen molar-refractivity contribution in [3.05, 3.63) is 15.6 Å². The predicted molar refractivity (Wildman–Crippen MR) is 99.7 cm³/mol. The number of nitrogens with two attached hydrogens (primary N) is 1. The van der Waals surface area contributed by atoms with Crippen LogP contribution in [0, 0.1) is 6.92 Å². The number of aryl methyl sites for hydroxylation is 1. The van der Waals surface area contributed by atoms with Crippen LogP contribution in [0.5, 0.6) is 0 Å². The van der Waals surface area contributed by atoms with E-state index in [-0.39, 0.29) is 17.9 Å². The van der Waals surface area contributed by atoms with Crippen molar-refractivity contribution in [3.63, 3.8) is 0 Å². The van der Waals surface area contributed by atoms with Gasteiger partial charge in [0.25, 0.3) is 0 Å². The zero-order valence-electron chi connectivity index (χ0n) is 15.8. The van der Waals surface area contributed by atoms with Gasteiger partial charge in [0, 0.05) is 11.5 Å². The zero-order chi connectivity index (χ0) is 19.2. The standard InChI is InChI=1S/C17H28N2O4S2/c1-10-13(16(2,3)4)24-14(19-10)11-9-23-8-7-12(11)25(21,22)17(5,6)15(18)20/h11-12H,7-9H2,1-6H3,(H2,18,20). The molecule has 1 aliphatic heterocycles. The maximum atomic E-state index is 13.1. The number of rotatable bonds is 4. The number of carbonyl (C=O) groups excluding carboxylic acids is 1. The first kappa shape index (κ1) is 20.3. The van der Waals surface area contributed by atoms with Gasteiger partial charge in [0.15, 0.2) is 9.84 Å². The third-order valence-electron chi connectivity index (χ3n) is 4.81. The average molecular weight is 389 g/mol. The van der Waals surface area contributed by atoms with Gasteiger partial charge in [0.2, 0.25) is 5.91 Å². The number of carbonyl (C=O) groups is 1. The third-order valence-corrected chi connectivity index (χ3v) is 9.51. The maximum Gasteiger partial charge on any atom is 0.238 e. The highest BCUT2D eigenvalue weighted by Crippen LogP contribution is 2.40. The van der Waals surface area contributed by atoms with E-state index in [4.69, 9.17) is 10.5 Å². The molecule has 0 bridgehead atoms. The monoisotopic (exact) mass is 388 g/mol. The maximum absolute atomic E-state index is 13.1. The summed E-state index contributed by atoms with van der Waals surface area (Å²) in [6.45, 7) is 11.7. The molecule has 0 aromatic carbocycles. The summed E-state index contributed by atoms with van der Waals surface area (Å²) in [7, 11) is -3.79. The zero-order valence-corrected chi connectivity index (χ0v) is 17.4. The summed E-state index contributed by atoms with van der Waals surface area (Å²) in [4.78, 5) is 17.5. The summed E-state index contributed by atoms with van der Waals surface area (Å²) in [6.07, 6.45) is 0.340. The van der Waals surface area contributed by atoms with Crippen LogP contribution in [0.4, 0.5) is 0 Å².